The molecule has 2 aromatic rings. The number of benzene rings is 1. The molecule has 0 spiro atoms. The second kappa shape index (κ2) is 8.55. The van der Waals surface area contributed by atoms with Crippen LogP contribution in [-0.2, 0) is 24.2 Å². The first kappa shape index (κ1) is 21.7. The van der Waals surface area contributed by atoms with Crippen LogP contribution < -0.4 is 0 Å². The average Bonchev–Trinajstić information content (AvgIpc) is 3.10. The van der Waals surface area contributed by atoms with Crippen LogP contribution in [0.2, 0.25) is 5.02 Å². The molecule has 3 heterocycles. The van der Waals surface area contributed by atoms with E-state index in [1.54, 1.807) is 23.4 Å². The Labute approximate surface area is 185 Å². The number of carbonyl (C=O) groups is 2. The molecule has 0 bridgehead atoms. The van der Waals surface area contributed by atoms with Crippen LogP contribution in [0.25, 0.3) is 11.1 Å². The predicted molar refractivity (Wildman–Crippen MR) is 113 cm³/mol. The van der Waals surface area contributed by atoms with Crippen LogP contribution in [0.1, 0.15) is 31.0 Å². The maximum Gasteiger partial charge on any atom is 0.306 e. The minimum Gasteiger partial charge on any atom is -0.465 e. The minimum atomic E-state index is -3.33. The van der Waals surface area contributed by atoms with E-state index >= 15 is 0 Å². The van der Waals surface area contributed by atoms with E-state index in [0.717, 1.165) is 6.26 Å². The zero-order chi connectivity index (χ0) is 22.2. The Morgan fingerprint density at radius 3 is 2.55 bits per heavy atom. The molecule has 0 unspecified atom stereocenters. The molecule has 1 amide bonds. The number of aromatic nitrogens is 2. The molecule has 0 radical (unpaired) electrons. The molecular formula is C21H22ClN3O5S. The SMILES string of the molecule is CS(=O)(=O)c1ccc(-c2cnc(C3CN(C(=O)CC[C@@H]4COC(=O)C4)C3)nc2)c(Cl)c1. The van der Waals surface area contributed by atoms with E-state index < -0.39 is 9.84 Å². The topological polar surface area (TPSA) is 107 Å². The zero-order valence-corrected chi connectivity index (χ0v) is 18.5. The number of halogens is 1. The van der Waals surface area contributed by atoms with Crippen molar-refractivity contribution in [1.29, 1.82) is 0 Å². The highest BCUT2D eigenvalue weighted by molar-refractivity contribution is 7.90. The third kappa shape index (κ3) is 4.88. The Morgan fingerprint density at radius 2 is 1.97 bits per heavy atom. The average molecular weight is 464 g/mol. The Morgan fingerprint density at radius 1 is 1.26 bits per heavy atom. The van der Waals surface area contributed by atoms with Crippen LogP contribution in [0.4, 0.5) is 0 Å². The van der Waals surface area contributed by atoms with E-state index in [0.29, 0.717) is 60.9 Å². The molecule has 164 valence electrons. The lowest BCUT2D eigenvalue weighted by Gasteiger charge is -2.38. The standard InChI is InChI=1S/C21H22ClN3O5S/c1-31(28,29)16-3-4-17(18(22)7-16)14-8-23-21(24-9-14)15-10-25(11-15)19(26)5-2-13-6-20(27)30-12-13/h3-4,7-9,13,15H,2,5-6,10-12H2,1H3/t13-/m0/s1. The molecule has 2 aliphatic heterocycles. The second-order valence-corrected chi connectivity index (χ2v) is 10.5. The van der Waals surface area contributed by atoms with Crippen molar-refractivity contribution in [2.75, 3.05) is 26.0 Å². The van der Waals surface area contributed by atoms with Crippen molar-refractivity contribution in [3.05, 3.63) is 41.4 Å². The number of hydrogen-bond donors (Lipinski definition) is 0. The summed E-state index contributed by atoms with van der Waals surface area (Å²) in [6.07, 6.45) is 5.92. The van der Waals surface area contributed by atoms with Crippen LogP contribution in [0, 0.1) is 5.92 Å². The lowest BCUT2D eigenvalue weighted by Crippen LogP contribution is -2.49. The van der Waals surface area contributed by atoms with Crippen molar-refractivity contribution in [3.8, 4) is 11.1 Å². The number of esters is 1. The van der Waals surface area contributed by atoms with Gasteiger partial charge in [-0.25, -0.2) is 18.4 Å². The number of amides is 1. The molecule has 2 fully saturated rings. The fourth-order valence-corrected chi connectivity index (χ4v) is 4.73. The maximum atomic E-state index is 12.3. The largest absolute Gasteiger partial charge is 0.465 e. The monoisotopic (exact) mass is 463 g/mol. The summed E-state index contributed by atoms with van der Waals surface area (Å²) < 4.78 is 28.2. The third-order valence-corrected chi connectivity index (χ3v) is 7.08. The minimum absolute atomic E-state index is 0.0740. The lowest BCUT2D eigenvalue weighted by atomic mass is 9.96. The summed E-state index contributed by atoms with van der Waals surface area (Å²) in [5.41, 5.74) is 1.34. The fraction of sp³-hybridized carbons (Fsp3) is 0.429. The van der Waals surface area contributed by atoms with Crippen LogP contribution in [-0.4, -0.2) is 61.1 Å². The number of rotatable bonds is 6. The van der Waals surface area contributed by atoms with Crippen LogP contribution in [0.5, 0.6) is 0 Å². The predicted octanol–water partition coefficient (Wildman–Crippen LogP) is 2.47. The Hall–Kier alpha value is -2.52. The first-order chi connectivity index (χ1) is 14.7. The van der Waals surface area contributed by atoms with Crippen LogP contribution >= 0.6 is 11.6 Å². The van der Waals surface area contributed by atoms with Gasteiger partial charge in [0.1, 0.15) is 5.82 Å². The van der Waals surface area contributed by atoms with Gasteiger partial charge < -0.3 is 9.64 Å². The van der Waals surface area contributed by atoms with Crippen molar-refractivity contribution in [3.63, 3.8) is 0 Å². The number of cyclic esters (lactones) is 1. The molecular weight excluding hydrogens is 442 g/mol. The number of hydrogen-bond acceptors (Lipinski definition) is 7. The van der Waals surface area contributed by atoms with E-state index in [4.69, 9.17) is 16.3 Å². The molecule has 0 N–H and O–H groups in total. The molecule has 0 aliphatic carbocycles. The van der Waals surface area contributed by atoms with Gasteiger partial charge in [-0.3, -0.25) is 9.59 Å². The first-order valence-electron chi connectivity index (χ1n) is 9.96. The molecule has 2 aliphatic rings. The molecule has 8 nitrogen and oxygen atoms in total. The van der Waals surface area contributed by atoms with Gasteiger partial charge in [0.25, 0.3) is 0 Å². The van der Waals surface area contributed by atoms with Gasteiger partial charge in [-0.15, -0.1) is 0 Å². The normalized spacial score (nSPS) is 19.2. The van der Waals surface area contributed by atoms with Crippen molar-refractivity contribution >= 4 is 33.3 Å². The summed E-state index contributed by atoms with van der Waals surface area (Å²) in [7, 11) is -3.33. The maximum absolute atomic E-state index is 12.3. The smallest absolute Gasteiger partial charge is 0.306 e. The quantitative estimate of drug-likeness (QED) is 0.605. The Balaban J connectivity index is 1.32. The molecule has 4 rings (SSSR count). The van der Waals surface area contributed by atoms with Gasteiger partial charge in [0.15, 0.2) is 9.84 Å². The van der Waals surface area contributed by atoms with Crippen molar-refractivity contribution in [2.45, 2.75) is 30.1 Å². The van der Waals surface area contributed by atoms with Crippen LogP contribution in [0.3, 0.4) is 0 Å². The van der Waals surface area contributed by atoms with Gasteiger partial charge in [-0.05, 0) is 18.6 Å². The molecule has 1 aromatic carbocycles. The first-order valence-corrected chi connectivity index (χ1v) is 12.2. The summed E-state index contributed by atoms with van der Waals surface area (Å²) in [4.78, 5) is 34.2. The van der Waals surface area contributed by atoms with Gasteiger partial charge >= 0.3 is 5.97 Å². The molecule has 1 atom stereocenters. The van der Waals surface area contributed by atoms with Crippen molar-refractivity contribution in [1.82, 2.24) is 14.9 Å². The van der Waals surface area contributed by atoms with E-state index in [1.165, 1.54) is 12.1 Å². The molecule has 2 saturated heterocycles. The molecule has 1 aromatic heterocycles. The van der Waals surface area contributed by atoms with E-state index in [-0.39, 0.29) is 28.6 Å². The fourth-order valence-electron chi connectivity index (χ4n) is 3.73. The van der Waals surface area contributed by atoms with Gasteiger partial charge in [-0.1, -0.05) is 17.7 Å². The van der Waals surface area contributed by atoms with Crippen LogP contribution in [0.15, 0.2) is 35.5 Å². The van der Waals surface area contributed by atoms with Gasteiger partial charge in [0.2, 0.25) is 5.91 Å². The van der Waals surface area contributed by atoms with Gasteiger partial charge in [0, 0.05) is 60.2 Å². The highest BCUT2D eigenvalue weighted by Gasteiger charge is 2.34. The van der Waals surface area contributed by atoms with E-state index in [2.05, 4.69) is 9.97 Å². The summed E-state index contributed by atoms with van der Waals surface area (Å²) >= 11 is 6.26. The number of likely N-dealkylation sites (tertiary alicyclic amines) is 1. The van der Waals surface area contributed by atoms with Gasteiger partial charge in [-0.2, -0.15) is 0 Å². The van der Waals surface area contributed by atoms with Crippen molar-refractivity contribution < 1.29 is 22.7 Å². The number of nitrogens with zero attached hydrogens (tertiary/aromatic N) is 3. The Bertz CT molecular complexity index is 1110. The highest BCUT2D eigenvalue weighted by Crippen LogP contribution is 2.31. The second-order valence-electron chi connectivity index (χ2n) is 8.03. The molecule has 31 heavy (non-hydrogen) atoms. The molecule has 0 saturated carbocycles. The number of sulfone groups is 1. The summed E-state index contributed by atoms with van der Waals surface area (Å²) in [6.45, 7) is 1.56. The highest BCUT2D eigenvalue weighted by atomic mass is 35.5. The molecule has 10 heteroatoms. The van der Waals surface area contributed by atoms with Gasteiger partial charge in [0.05, 0.1) is 23.8 Å². The third-order valence-electron chi connectivity index (χ3n) is 5.65. The summed E-state index contributed by atoms with van der Waals surface area (Å²) in [6, 6.07) is 4.57. The van der Waals surface area contributed by atoms with E-state index in [1.807, 2.05) is 0 Å². The number of carbonyl (C=O) groups excluding carboxylic acids is 2. The van der Waals surface area contributed by atoms with E-state index in [9.17, 15) is 18.0 Å². The zero-order valence-electron chi connectivity index (χ0n) is 17.0. The lowest BCUT2D eigenvalue weighted by molar-refractivity contribution is -0.138. The Kier molecular flexibility index (Phi) is 5.98. The number of ether oxygens (including phenoxy) is 1. The summed E-state index contributed by atoms with van der Waals surface area (Å²) in [5.74, 6) is 0.770. The van der Waals surface area contributed by atoms with Crippen molar-refractivity contribution in [2.24, 2.45) is 5.92 Å². The summed E-state index contributed by atoms with van der Waals surface area (Å²) in [5, 5.41) is 0.314.